The number of hydrogen-bond donors (Lipinski definition) is 0. The standard InChI is InChI=1S/C6H5N2O/c9-5-8-6-1-3-7-4-2-6/h1-5H. The molecule has 0 aromatic carbocycles. The van der Waals surface area contributed by atoms with Gasteiger partial charge in [-0.25, -0.2) is 5.32 Å². The number of rotatable bonds is 2. The van der Waals surface area contributed by atoms with E-state index in [0.717, 1.165) is 0 Å². The largest absolute Gasteiger partial charge is 0.276 e. The highest BCUT2D eigenvalue weighted by atomic mass is 16.1. The SMILES string of the molecule is O=C[N]c1ccncc1. The summed E-state index contributed by atoms with van der Waals surface area (Å²) in [6.45, 7) is 0. The summed E-state index contributed by atoms with van der Waals surface area (Å²) >= 11 is 0. The number of carbonyl (C=O) groups is 1. The van der Waals surface area contributed by atoms with E-state index in [2.05, 4.69) is 10.3 Å². The summed E-state index contributed by atoms with van der Waals surface area (Å²) in [5.74, 6) is 0. The molecule has 0 fully saturated rings. The van der Waals surface area contributed by atoms with Gasteiger partial charge in [-0.3, -0.25) is 9.78 Å². The minimum absolute atomic E-state index is 0.509. The molecule has 0 aliphatic rings. The number of carbonyl (C=O) groups excluding carboxylic acids is 1. The normalized spacial score (nSPS) is 8.44. The topological polar surface area (TPSA) is 44.1 Å². The lowest BCUT2D eigenvalue weighted by atomic mass is 10.4. The maximum Gasteiger partial charge on any atom is 0.233 e. The zero-order chi connectivity index (χ0) is 6.53. The monoisotopic (exact) mass is 121 g/mol. The lowest BCUT2D eigenvalue weighted by Gasteiger charge is -1.88. The number of hydrogen-bond acceptors (Lipinski definition) is 2. The van der Waals surface area contributed by atoms with Gasteiger partial charge >= 0.3 is 0 Å². The first kappa shape index (κ1) is 5.75. The molecule has 0 aliphatic heterocycles. The molecule has 1 heterocycles. The molecular weight excluding hydrogens is 116 g/mol. The van der Waals surface area contributed by atoms with Gasteiger partial charge < -0.3 is 0 Å². The van der Waals surface area contributed by atoms with Crippen LogP contribution in [0.25, 0.3) is 0 Å². The molecule has 0 unspecified atom stereocenters. The first-order chi connectivity index (χ1) is 4.43. The number of nitrogens with zero attached hydrogens (tertiary/aromatic N) is 2. The summed E-state index contributed by atoms with van der Waals surface area (Å²) in [5, 5.41) is 3.49. The molecular formula is C6H5N2O. The van der Waals surface area contributed by atoms with Gasteiger partial charge in [-0.05, 0) is 12.1 Å². The van der Waals surface area contributed by atoms with E-state index < -0.39 is 0 Å². The van der Waals surface area contributed by atoms with Crippen LogP contribution in [0.15, 0.2) is 24.5 Å². The lowest BCUT2D eigenvalue weighted by Crippen LogP contribution is -1.90. The molecule has 3 nitrogen and oxygen atoms in total. The Kier molecular flexibility index (Phi) is 1.80. The first-order valence-corrected chi connectivity index (χ1v) is 2.48. The molecule has 0 saturated carbocycles. The quantitative estimate of drug-likeness (QED) is 0.534. The molecule has 1 rings (SSSR count). The zero-order valence-electron chi connectivity index (χ0n) is 4.69. The highest BCUT2D eigenvalue weighted by molar-refractivity contribution is 5.57. The van der Waals surface area contributed by atoms with Crippen LogP contribution in [-0.2, 0) is 4.79 Å². The second-order valence-electron chi connectivity index (χ2n) is 1.44. The summed E-state index contributed by atoms with van der Waals surface area (Å²) in [6, 6.07) is 3.32. The third-order valence-electron chi connectivity index (χ3n) is 0.865. The smallest absolute Gasteiger partial charge is 0.233 e. The third kappa shape index (κ3) is 1.53. The molecule has 1 aromatic rings. The Morgan fingerprint density at radius 1 is 1.44 bits per heavy atom. The molecule has 1 aromatic heterocycles. The molecule has 1 radical (unpaired) electrons. The van der Waals surface area contributed by atoms with E-state index >= 15 is 0 Å². The van der Waals surface area contributed by atoms with Crippen LogP contribution in [0.3, 0.4) is 0 Å². The van der Waals surface area contributed by atoms with Gasteiger partial charge in [0, 0.05) is 12.4 Å². The van der Waals surface area contributed by atoms with Gasteiger partial charge in [0.05, 0.1) is 5.69 Å². The summed E-state index contributed by atoms with van der Waals surface area (Å²) in [5.41, 5.74) is 0.639. The van der Waals surface area contributed by atoms with E-state index in [0.29, 0.717) is 12.1 Å². The Morgan fingerprint density at radius 3 is 2.67 bits per heavy atom. The van der Waals surface area contributed by atoms with Gasteiger partial charge in [0.15, 0.2) is 0 Å². The van der Waals surface area contributed by atoms with Crippen LogP contribution >= 0.6 is 0 Å². The average Bonchev–Trinajstić information content (AvgIpc) is 1.91. The fourth-order valence-electron chi connectivity index (χ4n) is 0.491. The fraction of sp³-hybridized carbons (Fsp3) is 0. The van der Waals surface area contributed by atoms with Crippen molar-refractivity contribution in [3.8, 4) is 0 Å². The van der Waals surface area contributed by atoms with Gasteiger partial charge in [-0.15, -0.1) is 0 Å². The molecule has 0 saturated heterocycles. The highest BCUT2D eigenvalue weighted by Crippen LogP contribution is 1.99. The Morgan fingerprint density at radius 2 is 2.11 bits per heavy atom. The Hall–Kier alpha value is -1.38. The number of pyridine rings is 1. The van der Waals surface area contributed by atoms with E-state index in [9.17, 15) is 4.79 Å². The minimum atomic E-state index is 0.509. The summed E-state index contributed by atoms with van der Waals surface area (Å²) in [7, 11) is 0. The molecule has 3 heteroatoms. The molecule has 0 spiro atoms. The highest BCUT2D eigenvalue weighted by Gasteiger charge is 1.85. The van der Waals surface area contributed by atoms with Gasteiger partial charge in [-0.2, -0.15) is 0 Å². The lowest BCUT2D eigenvalue weighted by molar-refractivity contribution is -0.108. The number of amides is 1. The van der Waals surface area contributed by atoms with Crippen LogP contribution in [-0.4, -0.2) is 11.4 Å². The fourth-order valence-corrected chi connectivity index (χ4v) is 0.491. The van der Waals surface area contributed by atoms with Crippen molar-refractivity contribution < 1.29 is 4.79 Å². The molecule has 0 atom stereocenters. The van der Waals surface area contributed by atoms with Gasteiger partial charge in [0.25, 0.3) is 0 Å². The second-order valence-corrected chi connectivity index (χ2v) is 1.44. The zero-order valence-corrected chi connectivity index (χ0v) is 4.69. The van der Waals surface area contributed by atoms with E-state index in [1.807, 2.05) is 0 Å². The molecule has 0 N–H and O–H groups in total. The van der Waals surface area contributed by atoms with E-state index in [1.54, 1.807) is 24.5 Å². The van der Waals surface area contributed by atoms with E-state index in [4.69, 9.17) is 0 Å². The predicted molar refractivity (Wildman–Crippen MR) is 32.1 cm³/mol. The van der Waals surface area contributed by atoms with Crippen molar-refractivity contribution in [2.24, 2.45) is 0 Å². The summed E-state index contributed by atoms with van der Waals surface area (Å²) < 4.78 is 0. The second kappa shape index (κ2) is 2.81. The maximum atomic E-state index is 9.79. The van der Waals surface area contributed by atoms with Crippen molar-refractivity contribution in [3.63, 3.8) is 0 Å². The summed E-state index contributed by atoms with van der Waals surface area (Å²) in [6.07, 6.45) is 3.68. The van der Waals surface area contributed by atoms with Crippen LogP contribution in [0.4, 0.5) is 5.69 Å². The average molecular weight is 121 g/mol. The van der Waals surface area contributed by atoms with Crippen molar-refractivity contribution in [1.82, 2.24) is 10.3 Å². The molecule has 0 bridgehead atoms. The van der Waals surface area contributed by atoms with Crippen LogP contribution in [0.2, 0.25) is 0 Å². The third-order valence-corrected chi connectivity index (χ3v) is 0.865. The van der Waals surface area contributed by atoms with Crippen LogP contribution < -0.4 is 5.32 Å². The Balaban J connectivity index is 2.72. The van der Waals surface area contributed by atoms with Crippen LogP contribution in [0.1, 0.15) is 0 Å². The first-order valence-electron chi connectivity index (χ1n) is 2.48. The van der Waals surface area contributed by atoms with Gasteiger partial charge in [0.1, 0.15) is 0 Å². The Bertz CT molecular complexity index is 186. The van der Waals surface area contributed by atoms with Crippen molar-refractivity contribution in [2.75, 3.05) is 0 Å². The van der Waals surface area contributed by atoms with E-state index in [1.165, 1.54) is 0 Å². The van der Waals surface area contributed by atoms with Crippen LogP contribution in [0.5, 0.6) is 0 Å². The van der Waals surface area contributed by atoms with Gasteiger partial charge in [-0.1, -0.05) is 0 Å². The van der Waals surface area contributed by atoms with Crippen molar-refractivity contribution in [1.29, 1.82) is 0 Å². The van der Waals surface area contributed by atoms with Crippen molar-refractivity contribution in [3.05, 3.63) is 24.5 Å². The predicted octanol–water partition coefficient (Wildman–Crippen LogP) is 0.474. The van der Waals surface area contributed by atoms with Crippen LogP contribution in [0, 0.1) is 0 Å². The van der Waals surface area contributed by atoms with Gasteiger partial charge in [0.2, 0.25) is 6.41 Å². The Labute approximate surface area is 52.7 Å². The van der Waals surface area contributed by atoms with Crippen molar-refractivity contribution >= 4 is 12.1 Å². The molecule has 1 amide bonds. The molecule has 0 aliphatic carbocycles. The van der Waals surface area contributed by atoms with E-state index in [-0.39, 0.29) is 0 Å². The van der Waals surface area contributed by atoms with Crippen molar-refractivity contribution in [2.45, 2.75) is 0 Å². The maximum absolute atomic E-state index is 9.79. The summed E-state index contributed by atoms with van der Waals surface area (Å²) in [4.78, 5) is 13.5. The molecule has 45 valence electrons. The number of aromatic nitrogens is 1. The molecule has 9 heavy (non-hydrogen) atoms. The minimum Gasteiger partial charge on any atom is -0.276 e.